The number of fused-ring (bicyclic) bond motifs is 3. The number of hydrogen-bond acceptors (Lipinski definition) is 3. The van der Waals surface area contributed by atoms with Crippen LogP contribution in [0.2, 0.25) is 0 Å². The van der Waals surface area contributed by atoms with Crippen LogP contribution in [0.4, 0.5) is 0 Å². The Morgan fingerprint density at radius 1 is 0.500 bits per heavy atom. The lowest BCUT2D eigenvalue weighted by atomic mass is 10.00. The van der Waals surface area contributed by atoms with Crippen LogP contribution in [-0.2, 0) is 0 Å². The Morgan fingerprint density at radius 3 is 1.87 bits per heavy atom. The number of halogens is 1. The zero-order chi connectivity index (χ0) is 25.5. The van der Waals surface area contributed by atoms with Gasteiger partial charge in [-0.15, -0.1) is 0 Å². The molecule has 7 aromatic rings. The topological polar surface area (TPSA) is 38.9 Å². The minimum atomic E-state index is 0.699. The molecule has 0 fully saturated rings. The van der Waals surface area contributed by atoms with E-state index in [-0.39, 0.29) is 0 Å². The van der Waals surface area contributed by atoms with E-state index in [1.54, 1.807) is 0 Å². The molecule has 180 valence electrons. The summed E-state index contributed by atoms with van der Waals surface area (Å²) in [6.45, 7) is 0. The van der Waals surface area contributed by atoms with Gasteiger partial charge >= 0.3 is 0 Å². The van der Waals surface area contributed by atoms with Crippen molar-refractivity contribution in [3.63, 3.8) is 0 Å². The summed E-state index contributed by atoms with van der Waals surface area (Å²) in [5.41, 5.74) is 8.83. The van der Waals surface area contributed by atoms with Crippen molar-refractivity contribution in [2.24, 2.45) is 0 Å². The van der Waals surface area contributed by atoms with E-state index in [4.69, 9.17) is 14.4 Å². The second-order valence-electron chi connectivity index (χ2n) is 9.19. The number of benzene rings is 5. The van der Waals surface area contributed by atoms with E-state index in [2.05, 4.69) is 82.7 Å². The summed E-state index contributed by atoms with van der Waals surface area (Å²) in [5.74, 6) is 0.699. The van der Waals surface area contributed by atoms with Crippen LogP contribution in [0.15, 0.2) is 136 Å². The monoisotopic (exact) mass is 552 g/mol. The van der Waals surface area contributed by atoms with Gasteiger partial charge in [-0.05, 0) is 29.8 Å². The molecule has 2 heterocycles. The zero-order valence-corrected chi connectivity index (χ0v) is 21.9. The van der Waals surface area contributed by atoms with Gasteiger partial charge in [-0.2, -0.15) is 0 Å². The fourth-order valence-electron chi connectivity index (χ4n) is 4.88. The van der Waals surface area contributed by atoms with Gasteiger partial charge in [0.2, 0.25) is 0 Å². The van der Waals surface area contributed by atoms with Gasteiger partial charge in [0.05, 0.1) is 11.4 Å². The van der Waals surface area contributed by atoms with Crippen LogP contribution in [-0.4, -0.2) is 9.97 Å². The number of para-hydroxylation sites is 2. The molecule has 5 aromatic carbocycles. The van der Waals surface area contributed by atoms with E-state index in [0.717, 1.165) is 65.6 Å². The van der Waals surface area contributed by atoms with Crippen molar-refractivity contribution in [1.29, 1.82) is 0 Å². The van der Waals surface area contributed by atoms with Crippen LogP contribution in [0.1, 0.15) is 0 Å². The van der Waals surface area contributed by atoms with Crippen molar-refractivity contribution in [2.45, 2.75) is 0 Å². The SMILES string of the molecule is Brc1ccc(-c2nc(-c3ccccc3)cc(-c3ccc(-c4cccc5c4oc4ccccc45)cc3)n2)cc1. The Hall–Kier alpha value is -4.54. The molecule has 0 aliphatic heterocycles. The summed E-state index contributed by atoms with van der Waals surface area (Å²) in [6.07, 6.45) is 0. The highest BCUT2D eigenvalue weighted by atomic mass is 79.9. The summed E-state index contributed by atoms with van der Waals surface area (Å²) in [7, 11) is 0. The predicted molar refractivity (Wildman–Crippen MR) is 159 cm³/mol. The normalized spacial score (nSPS) is 11.3. The van der Waals surface area contributed by atoms with E-state index in [9.17, 15) is 0 Å². The number of hydrogen-bond donors (Lipinski definition) is 0. The highest BCUT2D eigenvalue weighted by Crippen LogP contribution is 2.36. The Morgan fingerprint density at radius 2 is 1.11 bits per heavy atom. The standard InChI is InChI=1S/C34H21BrN2O/c35-26-19-17-25(18-20-26)34-36-30(23-7-2-1-3-8-23)21-31(37-34)24-15-13-22(14-16-24)27-10-6-11-29-28-9-4-5-12-32(28)38-33(27)29/h1-21H. The smallest absolute Gasteiger partial charge is 0.160 e. The van der Waals surface area contributed by atoms with Gasteiger partial charge in [0.1, 0.15) is 11.2 Å². The lowest BCUT2D eigenvalue weighted by Crippen LogP contribution is -1.96. The average molecular weight is 553 g/mol. The van der Waals surface area contributed by atoms with Gasteiger partial charge in [0.25, 0.3) is 0 Å². The van der Waals surface area contributed by atoms with Crippen LogP contribution in [0, 0.1) is 0 Å². The quantitative estimate of drug-likeness (QED) is 0.218. The highest BCUT2D eigenvalue weighted by Gasteiger charge is 2.14. The molecule has 4 heteroatoms. The third kappa shape index (κ3) is 4.09. The minimum absolute atomic E-state index is 0.699. The molecule has 0 radical (unpaired) electrons. The number of furan rings is 1. The first-order valence-corrected chi connectivity index (χ1v) is 13.2. The first-order chi connectivity index (χ1) is 18.7. The fourth-order valence-corrected chi connectivity index (χ4v) is 5.14. The van der Waals surface area contributed by atoms with Gasteiger partial charge in [0.15, 0.2) is 5.82 Å². The molecule has 3 nitrogen and oxygen atoms in total. The Kier molecular flexibility index (Phi) is 5.60. The molecular weight excluding hydrogens is 532 g/mol. The van der Waals surface area contributed by atoms with Gasteiger partial charge in [-0.3, -0.25) is 0 Å². The van der Waals surface area contributed by atoms with Crippen LogP contribution >= 0.6 is 15.9 Å². The van der Waals surface area contributed by atoms with E-state index < -0.39 is 0 Å². The largest absolute Gasteiger partial charge is 0.455 e. The second-order valence-corrected chi connectivity index (χ2v) is 10.1. The Balaban J connectivity index is 1.33. The summed E-state index contributed by atoms with van der Waals surface area (Å²) < 4.78 is 7.29. The molecular formula is C34H21BrN2O. The molecule has 0 aliphatic carbocycles. The number of nitrogens with zero attached hydrogens (tertiary/aromatic N) is 2. The molecule has 0 spiro atoms. The summed E-state index contributed by atoms with van der Waals surface area (Å²) in [5, 5.41) is 2.26. The number of aromatic nitrogens is 2. The molecule has 0 amide bonds. The fraction of sp³-hybridized carbons (Fsp3) is 0. The molecule has 2 aromatic heterocycles. The molecule has 0 aliphatic rings. The summed E-state index contributed by atoms with van der Waals surface area (Å²) >= 11 is 3.52. The maximum Gasteiger partial charge on any atom is 0.160 e. The minimum Gasteiger partial charge on any atom is -0.455 e. The first-order valence-electron chi connectivity index (χ1n) is 12.4. The third-order valence-corrected chi connectivity index (χ3v) is 7.32. The molecule has 7 rings (SSSR count). The molecule has 0 unspecified atom stereocenters. The lowest BCUT2D eigenvalue weighted by molar-refractivity contribution is 0.670. The first kappa shape index (κ1) is 22.6. The highest BCUT2D eigenvalue weighted by molar-refractivity contribution is 9.10. The third-order valence-electron chi connectivity index (χ3n) is 6.79. The molecule has 0 bridgehead atoms. The van der Waals surface area contributed by atoms with Crippen molar-refractivity contribution in [1.82, 2.24) is 9.97 Å². The molecule has 0 atom stereocenters. The maximum atomic E-state index is 6.27. The maximum absolute atomic E-state index is 6.27. The Bertz CT molecular complexity index is 1910. The van der Waals surface area contributed by atoms with Crippen molar-refractivity contribution >= 4 is 37.9 Å². The Labute approximate surface area is 228 Å². The summed E-state index contributed by atoms with van der Waals surface area (Å²) in [6, 6.07) is 43.4. The van der Waals surface area contributed by atoms with Crippen LogP contribution in [0.5, 0.6) is 0 Å². The average Bonchev–Trinajstić information content (AvgIpc) is 3.37. The lowest BCUT2D eigenvalue weighted by Gasteiger charge is -2.10. The van der Waals surface area contributed by atoms with Crippen LogP contribution in [0.3, 0.4) is 0 Å². The van der Waals surface area contributed by atoms with Gasteiger partial charge in [0, 0.05) is 37.5 Å². The van der Waals surface area contributed by atoms with Crippen molar-refractivity contribution in [3.05, 3.63) is 132 Å². The van der Waals surface area contributed by atoms with Crippen LogP contribution in [0.25, 0.3) is 67.0 Å². The van der Waals surface area contributed by atoms with Crippen molar-refractivity contribution < 1.29 is 4.42 Å². The van der Waals surface area contributed by atoms with Gasteiger partial charge < -0.3 is 4.42 Å². The summed E-state index contributed by atoms with van der Waals surface area (Å²) in [4.78, 5) is 9.88. The van der Waals surface area contributed by atoms with E-state index in [1.807, 2.05) is 60.7 Å². The van der Waals surface area contributed by atoms with E-state index >= 15 is 0 Å². The van der Waals surface area contributed by atoms with E-state index in [0.29, 0.717) is 5.82 Å². The predicted octanol–water partition coefficient (Wildman–Crippen LogP) is 9.81. The van der Waals surface area contributed by atoms with Gasteiger partial charge in [-0.25, -0.2) is 9.97 Å². The number of rotatable bonds is 4. The molecule has 0 N–H and O–H groups in total. The molecule has 0 saturated heterocycles. The van der Waals surface area contributed by atoms with E-state index in [1.165, 1.54) is 0 Å². The molecule has 0 saturated carbocycles. The van der Waals surface area contributed by atoms with Gasteiger partial charge in [-0.1, -0.05) is 119 Å². The molecule has 38 heavy (non-hydrogen) atoms. The van der Waals surface area contributed by atoms with Crippen molar-refractivity contribution in [3.8, 4) is 45.0 Å². The van der Waals surface area contributed by atoms with Crippen molar-refractivity contribution in [2.75, 3.05) is 0 Å². The second kappa shape index (κ2) is 9.40. The zero-order valence-electron chi connectivity index (χ0n) is 20.3. The van der Waals surface area contributed by atoms with Crippen LogP contribution < -0.4 is 0 Å².